The van der Waals surface area contributed by atoms with E-state index in [1.165, 1.54) is 25.7 Å². The molecular weight excluding hydrogens is 268 g/mol. The van der Waals surface area contributed by atoms with Crippen molar-refractivity contribution in [2.75, 3.05) is 33.0 Å². The van der Waals surface area contributed by atoms with Gasteiger partial charge in [-0.15, -0.1) is 0 Å². The minimum Gasteiger partial charge on any atom is -0.465 e. The van der Waals surface area contributed by atoms with E-state index in [-0.39, 0.29) is 5.97 Å². The molecule has 4 nitrogen and oxygen atoms in total. The number of unbranched alkanes of at least 4 members (excludes halogenated alkanes) is 4. The van der Waals surface area contributed by atoms with Crippen molar-refractivity contribution in [3.63, 3.8) is 0 Å². The van der Waals surface area contributed by atoms with Crippen molar-refractivity contribution >= 4 is 5.97 Å². The summed E-state index contributed by atoms with van der Waals surface area (Å²) < 4.78 is 16.0. The summed E-state index contributed by atoms with van der Waals surface area (Å²) in [6.07, 6.45) is 7.46. The number of ether oxygens (including phenoxy) is 3. The molecule has 0 saturated carbocycles. The van der Waals surface area contributed by atoms with Crippen molar-refractivity contribution in [1.29, 1.82) is 0 Å². The van der Waals surface area contributed by atoms with E-state index in [0.717, 1.165) is 13.0 Å². The van der Waals surface area contributed by atoms with Gasteiger partial charge in [-0.1, -0.05) is 46.5 Å². The van der Waals surface area contributed by atoms with E-state index >= 15 is 0 Å². The predicted octanol–water partition coefficient (Wildman–Crippen LogP) is 3.97. The first-order valence-corrected chi connectivity index (χ1v) is 8.48. The van der Waals surface area contributed by atoms with Crippen LogP contribution in [0.15, 0.2) is 0 Å². The SMILES string of the molecule is CCCCCCCOCCOCCCC(=O)OCC(C)C. The van der Waals surface area contributed by atoms with Gasteiger partial charge >= 0.3 is 5.97 Å². The highest BCUT2D eigenvalue weighted by molar-refractivity contribution is 5.69. The van der Waals surface area contributed by atoms with E-state index in [0.29, 0.717) is 45.2 Å². The lowest BCUT2D eigenvalue weighted by molar-refractivity contribution is -0.145. The largest absolute Gasteiger partial charge is 0.465 e. The highest BCUT2D eigenvalue weighted by Gasteiger charge is 2.03. The van der Waals surface area contributed by atoms with Gasteiger partial charge in [-0.25, -0.2) is 0 Å². The normalized spacial score (nSPS) is 11.0. The average molecular weight is 302 g/mol. The third-order valence-corrected chi connectivity index (χ3v) is 3.01. The van der Waals surface area contributed by atoms with Crippen LogP contribution in [0.25, 0.3) is 0 Å². The molecule has 0 heterocycles. The zero-order valence-corrected chi connectivity index (χ0v) is 14.2. The first kappa shape index (κ1) is 20.4. The van der Waals surface area contributed by atoms with Crippen molar-refractivity contribution < 1.29 is 19.0 Å². The highest BCUT2D eigenvalue weighted by Crippen LogP contribution is 2.02. The molecule has 0 bridgehead atoms. The van der Waals surface area contributed by atoms with E-state index < -0.39 is 0 Å². The molecule has 0 N–H and O–H groups in total. The van der Waals surface area contributed by atoms with Gasteiger partial charge in [-0.3, -0.25) is 4.79 Å². The van der Waals surface area contributed by atoms with E-state index in [1.54, 1.807) is 0 Å². The summed E-state index contributed by atoms with van der Waals surface area (Å²) in [7, 11) is 0. The molecule has 0 aliphatic heterocycles. The predicted molar refractivity (Wildman–Crippen MR) is 85.4 cm³/mol. The Bertz CT molecular complexity index is 229. The molecule has 4 heteroatoms. The number of rotatable bonds is 15. The number of hydrogen-bond acceptors (Lipinski definition) is 4. The summed E-state index contributed by atoms with van der Waals surface area (Å²) in [6.45, 7) is 9.46. The van der Waals surface area contributed by atoms with Gasteiger partial charge in [-0.05, 0) is 18.8 Å². The standard InChI is InChI=1S/C17H34O4/c1-4-5-6-7-8-11-19-13-14-20-12-9-10-17(18)21-15-16(2)3/h16H,4-15H2,1-3H3. The van der Waals surface area contributed by atoms with E-state index in [4.69, 9.17) is 14.2 Å². The average Bonchev–Trinajstić information content (AvgIpc) is 2.46. The molecule has 0 aliphatic carbocycles. The van der Waals surface area contributed by atoms with Crippen molar-refractivity contribution in [1.82, 2.24) is 0 Å². The van der Waals surface area contributed by atoms with Gasteiger partial charge in [-0.2, -0.15) is 0 Å². The summed E-state index contributed by atoms with van der Waals surface area (Å²) in [4.78, 5) is 11.3. The first-order valence-electron chi connectivity index (χ1n) is 8.48. The maximum atomic E-state index is 11.3. The number of esters is 1. The summed E-state index contributed by atoms with van der Waals surface area (Å²) in [6, 6.07) is 0. The monoisotopic (exact) mass is 302 g/mol. The van der Waals surface area contributed by atoms with E-state index in [1.807, 2.05) is 13.8 Å². The van der Waals surface area contributed by atoms with Crippen LogP contribution < -0.4 is 0 Å². The Hall–Kier alpha value is -0.610. The second kappa shape index (κ2) is 15.8. The van der Waals surface area contributed by atoms with Crippen molar-refractivity contribution in [3.05, 3.63) is 0 Å². The van der Waals surface area contributed by atoms with Crippen LogP contribution in [0.2, 0.25) is 0 Å². The van der Waals surface area contributed by atoms with Crippen LogP contribution in [0, 0.1) is 5.92 Å². The smallest absolute Gasteiger partial charge is 0.305 e. The lowest BCUT2D eigenvalue weighted by Crippen LogP contribution is -2.11. The van der Waals surface area contributed by atoms with Crippen LogP contribution in [0.1, 0.15) is 65.7 Å². The Morgan fingerprint density at radius 1 is 0.857 bits per heavy atom. The van der Waals surface area contributed by atoms with Gasteiger partial charge in [0, 0.05) is 19.6 Å². The maximum absolute atomic E-state index is 11.3. The lowest BCUT2D eigenvalue weighted by atomic mass is 10.2. The van der Waals surface area contributed by atoms with Gasteiger partial charge in [0.25, 0.3) is 0 Å². The van der Waals surface area contributed by atoms with Crippen LogP contribution in [0.4, 0.5) is 0 Å². The molecule has 0 radical (unpaired) electrons. The van der Waals surface area contributed by atoms with Crippen LogP contribution >= 0.6 is 0 Å². The fourth-order valence-corrected chi connectivity index (χ4v) is 1.78. The second-order valence-corrected chi connectivity index (χ2v) is 5.82. The molecule has 0 saturated heterocycles. The molecule has 0 aliphatic rings. The Morgan fingerprint density at radius 3 is 2.10 bits per heavy atom. The molecule has 0 aromatic heterocycles. The molecular formula is C17H34O4. The third-order valence-electron chi connectivity index (χ3n) is 3.01. The summed E-state index contributed by atoms with van der Waals surface area (Å²) in [5.41, 5.74) is 0. The summed E-state index contributed by atoms with van der Waals surface area (Å²) in [5.74, 6) is 0.264. The van der Waals surface area contributed by atoms with Crippen LogP contribution in [-0.2, 0) is 19.0 Å². The molecule has 0 spiro atoms. The molecule has 0 fully saturated rings. The Kier molecular flexibility index (Phi) is 15.3. The first-order chi connectivity index (χ1) is 10.2. The topological polar surface area (TPSA) is 44.8 Å². The molecule has 0 aromatic rings. The summed E-state index contributed by atoms with van der Waals surface area (Å²) in [5, 5.41) is 0. The van der Waals surface area contributed by atoms with Gasteiger partial charge in [0.05, 0.1) is 19.8 Å². The molecule has 21 heavy (non-hydrogen) atoms. The number of hydrogen-bond donors (Lipinski definition) is 0. The second-order valence-electron chi connectivity index (χ2n) is 5.82. The molecule has 0 unspecified atom stereocenters. The van der Waals surface area contributed by atoms with Crippen molar-refractivity contribution in [2.24, 2.45) is 5.92 Å². The molecule has 126 valence electrons. The fraction of sp³-hybridized carbons (Fsp3) is 0.941. The zero-order chi connectivity index (χ0) is 15.8. The van der Waals surface area contributed by atoms with Crippen molar-refractivity contribution in [2.45, 2.75) is 65.7 Å². The van der Waals surface area contributed by atoms with Crippen molar-refractivity contribution in [3.8, 4) is 0 Å². The van der Waals surface area contributed by atoms with Crippen LogP contribution in [-0.4, -0.2) is 39.0 Å². The fourth-order valence-electron chi connectivity index (χ4n) is 1.78. The van der Waals surface area contributed by atoms with Gasteiger partial charge < -0.3 is 14.2 Å². The van der Waals surface area contributed by atoms with Gasteiger partial charge in [0.1, 0.15) is 0 Å². The summed E-state index contributed by atoms with van der Waals surface area (Å²) >= 11 is 0. The molecule has 0 amide bonds. The Morgan fingerprint density at radius 2 is 1.48 bits per heavy atom. The molecule has 0 aromatic carbocycles. The molecule has 0 rings (SSSR count). The van der Waals surface area contributed by atoms with Crippen LogP contribution in [0.5, 0.6) is 0 Å². The number of carbonyl (C=O) groups is 1. The molecule has 0 atom stereocenters. The minimum absolute atomic E-state index is 0.129. The Labute approximate surface area is 130 Å². The minimum atomic E-state index is -0.129. The Balaban J connectivity index is 3.10. The third kappa shape index (κ3) is 17.3. The van der Waals surface area contributed by atoms with Gasteiger partial charge in [0.15, 0.2) is 0 Å². The van der Waals surface area contributed by atoms with Crippen LogP contribution in [0.3, 0.4) is 0 Å². The maximum Gasteiger partial charge on any atom is 0.305 e. The van der Waals surface area contributed by atoms with E-state index in [9.17, 15) is 4.79 Å². The quantitative estimate of drug-likeness (QED) is 0.339. The lowest BCUT2D eigenvalue weighted by Gasteiger charge is -2.07. The van der Waals surface area contributed by atoms with E-state index in [2.05, 4.69) is 6.92 Å². The number of carbonyl (C=O) groups excluding carboxylic acids is 1. The zero-order valence-electron chi connectivity index (χ0n) is 14.2. The van der Waals surface area contributed by atoms with Gasteiger partial charge in [0.2, 0.25) is 0 Å². The highest BCUT2D eigenvalue weighted by atomic mass is 16.5.